The van der Waals surface area contributed by atoms with Crippen molar-refractivity contribution in [1.29, 1.82) is 0 Å². The van der Waals surface area contributed by atoms with Crippen LogP contribution in [0, 0.1) is 0 Å². The summed E-state index contributed by atoms with van der Waals surface area (Å²) in [6.07, 6.45) is 3.29. The van der Waals surface area contributed by atoms with Crippen LogP contribution in [0.4, 0.5) is 5.82 Å². The molecule has 0 aliphatic carbocycles. The Morgan fingerprint density at radius 2 is 1.86 bits per heavy atom. The molecule has 0 bridgehead atoms. The van der Waals surface area contributed by atoms with Crippen molar-refractivity contribution in [2.24, 2.45) is 7.05 Å². The Balaban J connectivity index is 1.30. The van der Waals surface area contributed by atoms with E-state index in [1.807, 2.05) is 35.8 Å². The SMILES string of the molecule is Cn1c(CN2CCC(c3nnc4ccc(N5CCC5)nn34)CC2)cccc1=O. The van der Waals surface area contributed by atoms with E-state index in [0.29, 0.717) is 5.92 Å². The third-order valence-corrected chi connectivity index (χ3v) is 6.08. The molecule has 5 heterocycles. The van der Waals surface area contributed by atoms with Crippen LogP contribution < -0.4 is 10.5 Å². The molecule has 0 unspecified atom stereocenters. The number of anilines is 1. The molecule has 2 saturated heterocycles. The zero-order valence-corrected chi connectivity index (χ0v) is 16.2. The maximum absolute atomic E-state index is 11.8. The molecular weight excluding hydrogens is 354 g/mol. The van der Waals surface area contributed by atoms with Gasteiger partial charge in [0.1, 0.15) is 5.82 Å². The molecule has 28 heavy (non-hydrogen) atoms. The van der Waals surface area contributed by atoms with Gasteiger partial charge in [-0.1, -0.05) is 6.07 Å². The van der Waals surface area contributed by atoms with Crippen molar-refractivity contribution in [3.8, 4) is 0 Å². The van der Waals surface area contributed by atoms with Crippen LogP contribution in [-0.2, 0) is 13.6 Å². The molecule has 0 aromatic carbocycles. The Morgan fingerprint density at radius 1 is 1.04 bits per heavy atom. The van der Waals surface area contributed by atoms with Crippen LogP contribution in [0.2, 0.25) is 0 Å². The molecule has 146 valence electrons. The molecule has 0 saturated carbocycles. The first-order valence-electron chi connectivity index (χ1n) is 10.0. The van der Waals surface area contributed by atoms with Gasteiger partial charge < -0.3 is 9.47 Å². The molecule has 2 aliphatic rings. The number of fused-ring (bicyclic) bond motifs is 1. The third-order valence-electron chi connectivity index (χ3n) is 6.08. The summed E-state index contributed by atoms with van der Waals surface area (Å²) in [6, 6.07) is 9.53. The number of aromatic nitrogens is 5. The number of piperidine rings is 1. The fourth-order valence-corrected chi connectivity index (χ4v) is 4.11. The quantitative estimate of drug-likeness (QED) is 0.683. The van der Waals surface area contributed by atoms with Gasteiger partial charge in [0.05, 0.1) is 0 Å². The van der Waals surface area contributed by atoms with E-state index in [-0.39, 0.29) is 5.56 Å². The number of pyridine rings is 1. The lowest BCUT2D eigenvalue weighted by Gasteiger charge is -2.32. The summed E-state index contributed by atoms with van der Waals surface area (Å²) in [7, 11) is 1.84. The molecule has 2 fully saturated rings. The maximum Gasteiger partial charge on any atom is 0.250 e. The molecule has 2 aliphatic heterocycles. The fourth-order valence-electron chi connectivity index (χ4n) is 4.11. The summed E-state index contributed by atoms with van der Waals surface area (Å²) < 4.78 is 3.67. The Bertz CT molecular complexity index is 1040. The van der Waals surface area contributed by atoms with Crippen molar-refractivity contribution in [1.82, 2.24) is 29.3 Å². The summed E-state index contributed by atoms with van der Waals surface area (Å²) in [5.41, 5.74) is 1.92. The van der Waals surface area contributed by atoms with Crippen LogP contribution >= 0.6 is 0 Å². The summed E-state index contributed by atoms with van der Waals surface area (Å²) >= 11 is 0. The second-order valence-electron chi connectivity index (χ2n) is 7.83. The third kappa shape index (κ3) is 3.07. The monoisotopic (exact) mass is 379 g/mol. The van der Waals surface area contributed by atoms with Gasteiger partial charge in [0.25, 0.3) is 0 Å². The molecule has 0 amide bonds. The minimum absolute atomic E-state index is 0.0476. The molecule has 8 heteroatoms. The molecular formula is C20H25N7O. The van der Waals surface area contributed by atoms with E-state index in [4.69, 9.17) is 5.10 Å². The second-order valence-corrected chi connectivity index (χ2v) is 7.83. The van der Waals surface area contributed by atoms with Crippen LogP contribution in [0.1, 0.15) is 36.7 Å². The summed E-state index contributed by atoms with van der Waals surface area (Å²) in [4.78, 5) is 16.5. The molecule has 3 aromatic rings. The van der Waals surface area contributed by atoms with Gasteiger partial charge in [-0.05, 0) is 50.6 Å². The van der Waals surface area contributed by atoms with E-state index >= 15 is 0 Å². The van der Waals surface area contributed by atoms with Crippen LogP contribution in [0.5, 0.6) is 0 Å². The van der Waals surface area contributed by atoms with Crippen molar-refractivity contribution in [3.63, 3.8) is 0 Å². The molecule has 0 N–H and O–H groups in total. The van der Waals surface area contributed by atoms with Crippen molar-refractivity contribution in [2.45, 2.75) is 31.7 Å². The van der Waals surface area contributed by atoms with Gasteiger partial charge in [-0.2, -0.15) is 4.52 Å². The Morgan fingerprint density at radius 3 is 2.61 bits per heavy atom. The average Bonchev–Trinajstić information content (AvgIpc) is 3.08. The molecule has 0 spiro atoms. The maximum atomic E-state index is 11.8. The van der Waals surface area contributed by atoms with Crippen LogP contribution in [-0.4, -0.2) is 55.5 Å². The summed E-state index contributed by atoms with van der Waals surface area (Å²) in [5.74, 6) is 2.36. The number of rotatable bonds is 4. The van der Waals surface area contributed by atoms with Gasteiger partial charge in [-0.15, -0.1) is 15.3 Å². The van der Waals surface area contributed by atoms with E-state index in [2.05, 4.69) is 20.0 Å². The zero-order chi connectivity index (χ0) is 19.1. The van der Waals surface area contributed by atoms with E-state index in [9.17, 15) is 4.79 Å². The fraction of sp³-hybridized carbons (Fsp3) is 0.500. The van der Waals surface area contributed by atoms with E-state index in [1.165, 1.54) is 6.42 Å². The van der Waals surface area contributed by atoms with Crippen LogP contribution in [0.15, 0.2) is 35.1 Å². The number of likely N-dealkylation sites (tertiary alicyclic amines) is 1. The zero-order valence-electron chi connectivity index (χ0n) is 16.2. The normalized spacial score (nSPS) is 18.5. The summed E-state index contributed by atoms with van der Waals surface area (Å²) in [6.45, 7) is 4.92. The molecule has 3 aromatic heterocycles. The predicted octanol–water partition coefficient (Wildman–Crippen LogP) is 1.41. The minimum Gasteiger partial charge on any atom is -0.355 e. The summed E-state index contributed by atoms with van der Waals surface area (Å²) in [5, 5.41) is 13.6. The topological polar surface area (TPSA) is 71.6 Å². The van der Waals surface area contributed by atoms with E-state index in [1.54, 1.807) is 10.6 Å². The molecule has 0 atom stereocenters. The van der Waals surface area contributed by atoms with Gasteiger partial charge in [0, 0.05) is 44.4 Å². The molecule has 8 nitrogen and oxygen atoms in total. The largest absolute Gasteiger partial charge is 0.355 e. The Kier molecular flexibility index (Phi) is 4.35. The lowest BCUT2D eigenvalue weighted by molar-refractivity contribution is 0.196. The first-order valence-corrected chi connectivity index (χ1v) is 10.0. The molecule has 0 radical (unpaired) electrons. The highest BCUT2D eigenvalue weighted by Gasteiger charge is 2.26. The van der Waals surface area contributed by atoms with Crippen molar-refractivity contribution >= 4 is 11.5 Å². The van der Waals surface area contributed by atoms with E-state index in [0.717, 1.165) is 68.5 Å². The molecule has 5 rings (SSSR count). The highest BCUT2D eigenvalue weighted by molar-refractivity contribution is 5.47. The van der Waals surface area contributed by atoms with Gasteiger partial charge in [0.15, 0.2) is 11.5 Å². The number of hydrogen-bond donors (Lipinski definition) is 0. The highest BCUT2D eigenvalue weighted by Crippen LogP contribution is 2.28. The average molecular weight is 379 g/mol. The Labute approximate surface area is 163 Å². The van der Waals surface area contributed by atoms with E-state index < -0.39 is 0 Å². The first kappa shape index (κ1) is 17.4. The highest BCUT2D eigenvalue weighted by atomic mass is 16.1. The standard InChI is InChI=1S/C20H25N7O/c1-24-16(4-2-5-19(24)28)14-25-12-8-15(9-13-25)20-22-21-17-6-7-18(23-27(17)20)26-10-3-11-26/h2,4-7,15H,3,8-14H2,1H3. The van der Waals surface area contributed by atoms with Crippen LogP contribution in [0.3, 0.4) is 0 Å². The lowest BCUT2D eigenvalue weighted by atomic mass is 9.96. The van der Waals surface area contributed by atoms with Gasteiger partial charge in [-0.25, -0.2) is 0 Å². The lowest BCUT2D eigenvalue weighted by Crippen LogP contribution is -2.38. The van der Waals surface area contributed by atoms with Crippen LogP contribution in [0.25, 0.3) is 5.65 Å². The first-order chi connectivity index (χ1) is 13.7. The second kappa shape index (κ2) is 7.01. The van der Waals surface area contributed by atoms with Crippen molar-refractivity contribution in [2.75, 3.05) is 31.1 Å². The van der Waals surface area contributed by atoms with Gasteiger partial charge in [0.2, 0.25) is 5.56 Å². The number of nitrogens with zero attached hydrogens (tertiary/aromatic N) is 7. The Hall–Kier alpha value is -2.74. The number of hydrogen-bond acceptors (Lipinski definition) is 6. The smallest absolute Gasteiger partial charge is 0.250 e. The predicted molar refractivity (Wildman–Crippen MR) is 107 cm³/mol. The van der Waals surface area contributed by atoms with Gasteiger partial charge >= 0.3 is 0 Å². The van der Waals surface area contributed by atoms with Crippen molar-refractivity contribution in [3.05, 3.63) is 52.2 Å². The minimum atomic E-state index is 0.0476. The van der Waals surface area contributed by atoms with Gasteiger partial charge in [-0.3, -0.25) is 9.69 Å². The van der Waals surface area contributed by atoms with Crippen molar-refractivity contribution < 1.29 is 0 Å².